The zero-order valence-corrected chi connectivity index (χ0v) is 14.3. The molecule has 0 radical (unpaired) electrons. The topological polar surface area (TPSA) is 42.4 Å². The Morgan fingerprint density at radius 1 is 1.16 bits per heavy atom. The van der Waals surface area contributed by atoms with Gasteiger partial charge in [-0.3, -0.25) is 9.78 Å². The van der Waals surface area contributed by atoms with Gasteiger partial charge in [-0.1, -0.05) is 30.3 Å². The number of para-hydroxylation sites is 1. The van der Waals surface area contributed by atoms with Crippen LogP contribution < -0.4 is 4.74 Å². The summed E-state index contributed by atoms with van der Waals surface area (Å²) < 4.78 is 5.22. The van der Waals surface area contributed by atoms with Crippen LogP contribution in [-0.2, 0) is 11.3 Å². The minimum Gasteiger partial charge on any atom is -0.497 e. The van der Waals surface area contributed by atoms with Gasteiger partial charge in [0.2, 0.25) is 5.91 Å². The van der Waals surface area contributed by atoms with E-state index >= 15 is 0 Å². The van der Waals surface area contributed by atoms with E-state index in [-0.39, 0.29) is 5.91 Å². The zero-order chi connectivity index (χ0) is 17.6. The van der Waals surface area contributed by atoms with E-state index in [0.29, 0.717) is 6.54 Å². The molecule has 0 bridgehead atoms. The number of carbonyl (C=O) groups is 1. The largest absolute Gasteiger partial charge is 0.497 e. The van der Waals surface area contributed by atoms with Gasteiger partial charge in [0.1, 0.15) is 5.75 Å². The molecule has 3 aromatic rings. The van der Waals surface area contributed by atoms with Gasteiger partial charge < -0.3 is 9.64 Å². The van der Waals surface area contributed by atoms with Gasteiger partial charge in [-0.05, 0) is 41.5 Å². The first kappa shape index (κ1) is 16.7. The van der Waals surface area contributed by atoms with Gasteiger partial charge in [0.05, 0.1) is 12.6 Å². The highest BCUT2D eigenvalue weighted by atomic mass is 16.5. The number of methoxy groups -OCH3 is 1. The maximum absolute atomic E-state index is 12.4. The van der Waals surface area contributed by atoms with Crippen molar-refractivity contribution in [2.24, 2.45) is 0 Å². The van der Waals surface area contributed by atoms with Crippen molar-refractivity contribution in [2.45, 2.75) is 6.54 Å². The molecular weight excluding hydrogens is 312 g/mol. The number of benzene rings is 2. The third-order valence-corrected chi connectivity index (χ3v) is 4.02. The Morgan fingerprint density at radius 2 is 2.00 bits per heavy atom. The Balaban J connectivity index is 1.73. The van der Waals surface area contributed by atoms with Crippen LogP contribution in [0.15, 0.2) is 66.9 Å². The van der Waals surface area contributed by atoms with Crippen LogP contribution in [0.3, 0.4) is 0 Å². The molecule has 0 fully saturated rings. The number of nitrogens with zero attached hydrogens (tertiary/aromatic N) is 2. The van der Waals surface area contributed by atoms with Gasteiger partial charge in [0.25, 0.3) is 0 Å². The molecule has 0 aliphatic carbocycles. The molecule has 0 saturated heterocycles. The first-order valence-corrected chi connectivity index (χ1v) is 8.07. The van der Waals surface area contributed by atoms with Crippen LogP contribution in [0, 0.1) is 0 Å². The average molecular weight is 332 g/mol. The number of pyridine rings is 1. The third kappa shape index (κ3) is 4.04. The second-order valence-corrected chi connectivity index (χ2v) is 5.80. The summed E-state index contributed by atoms with van der Waals surface area (Å²) in [5.41, 5.74) is 2.92. The lowest BCUT2D eigenvalue weighted by molar-refractivity contribution is -0.125. The van der Waals surface area contributed by atoms with Gasteiger partial charge in [-0.2, -0.15) is 0 Å². The van der Waals surface area contributed by atoms with Crippen LogP contribution in [0.25, 0.3) is 17.0 Å². The molecule has 25 heavy (non-hydrogen) atoms. The summed E-state index contributed by atoms with van der Waals surface area (Å²) in [5.74, 6) is 0.737. The Bertz CT molecular complexity index is 913. The Hall–Kier alpha value is -3.14. The Morgan fingerprint density at radius 3 is 2.84 bits per heavy atom. The Kier molecular flexibility index (Phi) is 5.09. The number of fused-ring (bicyclic) bond motifs is 1. The summed E-state index contributed by atoms with van der Waals surface area (Å²) in [6.07, 6.45) is 5.20. The zero-order valence-electron chi connectivity index (χ0n) is 14.3. The molecule has 1 amide bonds. The van der Waals surface area contributed by atoms with Crippen LogP contribution >= 0.6 is 0 Å². The number of hydrogen-bond acceptors (Lipinski definition) is 3. The molecule has 1 aromatic heterocycles. The quantitative estimate of drug-likeness (QED) is 0.665. The summed E-state index contributed by atoms with van der Waals surface area (Å²) in [6, 6.07) is 17.5. The highest BCUT2D eigenvalue weighted by Crippen LogP contribution is 2.18. The van der Waals surface area contributed by atoms with Crippen LogP contribution in [0.5, 0.6) is 5.75 Å². The van der Waals surface area contributed by atoms with E-state index < -0.39 is 0 Å². The lowest BCUT2D eigenvalue weighted by Gasteiger charge is -2.15. The first-order chi connectivity index (χ1) is 12.2. The number of carbonyl (C=O) groups excluding carboxylic acids is 1. The molecule has 0 saturated carbocycles. The highest BCUT2D eigenvalue weighted by molar-refractivity contribution is 5.95. The van der Waals surface area contributed by atoms with Gasteiger partial charge in [0, 0.05) is 31.3 Å². The number of likely N-dealkylation sites (N-methyl/N-ethyl adjacent to an activating group) is 1. The number of hydrogen-bond donors (Lipinski definition) is 0. The van der Waals surface area contributed by atoms with E-state index in [1.807, 2.05) is 60.7 Å². The van der Waals surface area contributed by atoms with Gasteiger partial charge in [-0.25, -0.2) is 0 Å². The third-order valence-electron chi connectivity index (χ3n) is 4.02. The molecule has 1 heterocycles. The fourth-order valence-corrected chi connectivity index (χ4v) is 2.67. The van der Waals surface area contributed by atoms with E-state index in [2.05, 4.69) is 4.98 Å². The van der Waals surface area contributed by atoms with Crippen molar-refractivity contribution in [1.82, 2.24) is 9.88 Å². The van der Waals surface area contributed by atoms with Crippen molar-refractivity contribution in [3.63, 3.8) is 0 Å². The molecule has 2 aromatic carbocycles. The summed E-state index contributed by atoms with van der Waals surface area (Å²) in [6.45, 7) is 0.525. The number of aromatic nitrogens is 1. The molecule has 0 N–H and O–H groups in total. The van der Waals surface area contributed by atoms with Crippen molar-refractivity contribution in [2.75, 3.05) is 14.2 Å². The molecule has 0 aliphatic rings. The maximum Gasteiger partial charge on any atom is 0.246 e. The van der Waals surface area contributed by atoms with Crippen molar-refractivity contribution in [1.29, 1.82) is 0 Å². The van der Waals surface area contributed by atoms with E-state index in [1.165, 1.54) is 0 Å². The van der Waals surface area contributed by atoms with Crippen LogP contribution in [0.2, 0.25) is 0 Å². The number of amides is 1. The van der Waals surface area contributed by atoms with E-state index in [1.54, 1.807) is 31.3 Å². The second-order valence-electron chi connectivity index (χ2n) is 5.80. The standard InChI is InChI=1S/C21H20N2O2/c1-23(15-16-6-5-7-18(14-16)25-2)21(24)11-10-17-12-13-22-20-9-4-3-8-19(17)20/h3-14H,15H2,1-2H3/b11-10-. The molecule has 0 atom stereocenters. The smallest absolute Gasteiger partial charge is 0.246 e. The number of rotatable bonds is 5. The normalized spacial score (nSPS) is 11.0. The van der Waals surface area contributed by atoms with Crippen molar-refractivity contribution in [3.8, 4) is 5.75 Å². The molecule has 0 aliphatic heterocycles. The van der Waals surface area contributed by atoms with Crippen molar-refractivity contribution in [3.05, 3.63) is 78.0 Å². The fraction of sp³-hybridized carbons (Fsp3) is 0.143. The van der Waals surface area contributed by atoms with E-state index in [0.717, 1.165) is 27.8 Å². The summed E-state index contributed by atoms with van der Waals surface area (Å²) in [5, 5.41) is 1.03. The van der Waals surface area contributed by atoms with Gasteiger partial charge >= 0.3 is 0 Å². The maximum atomic E-state index is 12.4. The molecule has 126 valence electrons. The van der Waals surface area contributed by atoms with Crippen LogP contribution in [-0.4, -0.2) is 29.9 Å². The summed E-state index contributed by atoms with van der Waals surface area (Å²) in [4.78, 5) is 18.4. The minimum atomic E-state index is -0.0521. The molecule has 3 rings (SSSR count). The monoisotopic (exact) mass is 332 g/mol. The van der Waals surface area contributed by atoms with Crippen LogP contribution in [0.4, 0.5) is 0 Å². The SMILES string of the molecule is COc1cccc(CN(C)C(=O)/C=C\c2ccnc3ccccc23)c1. The van der Waals surface area contributed by atoms with Crippen molar-refractivity contribution >= 4 is 22.9 Å². The molecule has 0 unspecified atom stereocenters. The molecule has 0 spiro atoms. The van der Waals surface area contributed by atoms with E-state index in [4.69, 9.17) is 4.74 Å². The number of ether oxygens (including phenoxy) is 1. The minimum absolute atomic E-state index is 0.0521. The van der Waals surface area contributed by atoms with Crippen molar-refractivity contribution < 1.29 is 9.53 Å². The lowest BCUT2D eigenvalue weighted by atomic mass is 10.1. The summed E-state index contributed by atoms with van der Waals surface area (Å²) in [7, 11) is 3.42. The average Bonchev–Trinajstić information content (AvgIpc) is 2.66. The summed E-state index contributed by atoms with van der Waals surface area (Å²) >= 11 is 0. The van der Waals surface area contributed by atoms with Gasteiger partial charge in [-0.15, -0.1) is 0 Å². The van der Waals surface area contributed by atoms with E-state index in [9.17, 15) is 4.79 Å². The lowest BCUT2D eigenvalue weighted by Crippen LogP contribution is -2.24. The predicted octanol–water partition coefficient (Wildman–Crippen LogP) is 3.92. The first-order valence-electron chi connectivity index (χ1n) is 8.07. The fourth-order valence-electron chi connectivity index (χ4n) is 2.67. The second kappa shape index (κ2) is 7.62. The Labute approximate surface area is 147 Å². The molecular formula is C21H20N2O2. The molecule has 4 heteroatoms. The highest BCUT2D eigenvalue weighted by Gasteiger charge is 2.07. The van der Waals surface area contributed by atoms with Gasteiger partial charge in [0.15, 0.2) is 0 Å². The van der Waals surface area contributed by atoms with Crippen LogP contribution in [0.1, 0.15) is 11.1 Å². The molecule has 4 nitrogen and oxygen atoms in total. The predicted molar refractivity (Wildman–Crippen MR) is 100 cm³/mol.